The van der Waals surface area contributed by atoms with Crippen LogP contribution in [0.2, 0.25) is 0 Å². The summed E-state index contributed by atoms with van der Waals surface area (Å²) >= 11 is 0. The maximum Gasteiger partial charge on any atom is 0.0506 e. The lowest BCUT2D eigenvalue weighted by atomic mass is 10.4. The topological polar surface area (TPSA) is 38.9 Å². The molecule has 1 rings (SSSR count). The average Bonchev–Trinajstić information content (AvgIpc) is 1.69. The Hall–Kier alpha value is -1.05. The first-order chi connectivity index (χ1) is 3.39. The van der Waals surface area contributed by atoms with E-state index in [2.05, 4.69) is 11.1 Å². The van der Waals surface area contributed by atoms with Gasteiger partial charge in [0.05, 0.1) is 5.69 Å². The van der Waals surface area contributed by atoms with Gasteiger partial charge in [-0.1, -0.05) is 0 Å². The molecular formula is C5H5N2. The molecule has 1 aromatic heterocycles. The Balaban J connectivity index is 3.02. The van der Waals surface area contributed by atoms with Crippen LogP contribution < -0.4 is 5.73 Å². The normalized spacial score (nSPS) is 8.57. The highest BCUT2D eigenvalue weighted by Gasteiger charge is 1.74. The smallest absolute Gasteiger partial charge is 0.0506 e. The van der Waals surface area contributed by atoms with Gasteiger partial charge in [-0.15, -0.1) is 0 Å². The molecule has 2 nitrogen and oxygen atoms in total. The molecule has 7 heavy (non-hydrogen) atoms. The Morgan fingerprint density at radius 1 is 1.71 bits per heavy atom. The summed E-state index contributed by atoms with van der Waals surface area (Å²) < 4.78 is 0. The highest BCUT2D eigenvalue weighted by molar-refractivity contribution is 5.31. The second-order valence-electron chi connectivity index (χ2n) is 1.22. The molecule has 0 aliphatic rings. The van der Waals surface area contributed by atoms with Gasteiger partial charge in [0.2, 0.25) is 0 Å². The summed E-state index contributed by atoms with van der Waals surface area (Å²) in [5.74, 6) is 0. The first-order valence-corrected chi connectivity index (χ1v) is 1.96. The number of hydrogen-bond donors (Lipinski definition) is 1. The zero-order valence-electron chi connectivity index (χ0n) is 3.76. The van der Waals surface area contributed by atoms with E-state index < -0.39 is 0 Å². The molecule has 0 spiro atoms. The summed E-state index contributed by atoms with van der Waals surface area (Å²) in [7, 11) is 0. The molecule has 2 N–H and O–H groups in total. The van der Waals surface area contributed by atoms with Crippen LogP contribution in [0.3, 0.4) is 0 Å². The van der Waals surface area contributed by atoms with E-state index in [1.807, 2.05) is 0 Å². The van der Waals surface area contributed by atoms with Crippen LogP contribution in [0, 0.1) is 6.07 Å². The fraction of sp³-hybridized carbons (Fsp3) is 0. The number of pyridine rings is 1. The molecule has 35 valence electrons. The van der Waals surface area contributed by atoms with Crippen LogP contribution in [0.4, 0.5) is 5.69 Å². The minimum absolute atomic E-state index is 0.655. The van der Waals surface area contributed by atoms with Crippen molar-refractivity contribution in [1.82, 2.24) is 4.98 Å². The lowest BCUT2D eigenvalue weighted by molar-refractivity contribution is 1.33. The van der Waals surface area contributed by atoms with Gasteiger partial charge < -0.3 is 5.73 Å². The van der Waals surface area contributed by atoms with Crippen molar-refractivity contribution >= 4 is 5.69 Å². The molecule has 1 radical (unpaired) electrons. The second-order valence-corrected chi connectivity index (χ2v) is 1.22. The Labute approximate surface area is 42.0 Å². The van der Waals surface area contributed by atoms with Gasteiger partial charge in [-0.3, -0.25) is 4.98 Å². The summed E-state index contributed by atoms with van der Waals surface area (Å²) in [4.78, 5) is 3.70. The third-order valence-corrected chi connectivity index (χ3v) is 0.623. The van der Waals surface area contributed by atoms with Crippen molar-refractivity contribution in [2.75, 3.05) is 5.73 Å². The molecule has 0 aliphatic carbocycles. The minimum Gasteiger partial charge on any atom is -0.397 e. The van der Waals surface area contributed by atoms with Gasteiger partial charge >= 0.3 is 0 Å². The second kappa shape index (κ2) is 1.60. The highest BCUT2D eigenvalue weighted by Crippen LogP contribution is 1.91. The van der Waals surface area contributed by atoms with Crippen LogP contribution in [0.25, 0.3) is 0 Å². The largest absolute Gasteiger partial charge is 0.397 e. The van der Waals surface area contributed by atoms with Gasteiger partial charge in [0.1, 0.15) is 0 Å². The first-order valence-electron chi connectivity index (χ1n) is 1.96. The quantitative estimate of drug-likeness (QED) is 0.506. The van der Waals surface area contributed by atoms with E-state index in [0.29, 0.717) is 5.69 Å². The number of nitrogens with zero attached hydrogens (tertiary/aromatic N) is 1. The highest BCUT2D eigenvalue weighted by atomic mass is 14.7. The van der Waals surface area contributed by atoms with E-state index in [4.69, 9.17) is 5.73 Å². The number of hydrogen-bond acceptors (Lipinski definition) is 2. The monoisotopic (exact) mass is 93.0 g/mol. The molecule has 2 heteroatoms. The van der Waals surface area contributed by atoms with Crippen molar-refractivity contribution in [2.45, 2.75) is 0 Å². The zero-order valence-corrected chi connectivity index (χ0v) is 3.76. The van der Waals surface area contributed by atoms with Crippen LogP contribution >= 0.6 is 0 Å². The summed E-state index contributed by atoms with van der Waals surface area (Å²) in [6, 6.07) is 4.40. The third kappa shape index (κ3) is 0.892. The standard InChI is InChI=1S/C5H5N2/c6-5-2-1-3-7-4-5/h2-4H,6H2. The van der Waals surface area contributed by atoms with Crippen LogP contribution in [0.15, 0.2) is 18.5 Å². The molecule has 0 atom stereocenters. The fourth-order valence-corrected chi connectivity index (χ4v) is 0.337. The summed E-state index contributed by atoms with van der Waals surface area (Å²) in [5, 5.41) is 0. The van der Waals surface area contributed by atoms with Crippen LogP contribution in [0.1, 0.15) is 0 Å². The van der Waals surface area contributed by atoms with Crippen molar-refractivity contribution in [3.63, 3.8) is 0 Å². The van der Waals surface area contributed by atoms with E-state index >= 15 is 0 Å². The molecule has 0 aliphatic heterocycles. The number of anilines is 1. The number of aromatic nitrogens is 1. The molecule has 0 unspecified atom stereocenters. The Bertz CT molecular complexity index is 136. The zero-order chi connectivity index (χ0) is 5.11. The van der Waals surface area contributed by atoms with E-state index in [1.165, 1.54) is 0 Å². The maximum absolute atomic E-state index is 5.26. The Kier molecular flexibility index (Phi) is 0.941. The predicted molar refractivity (Wildman–Crippen MR) is 27.5 cm³/mol. The van der Waals surface area contributed by atoms with Gasteiger partial charge in [0, 0.05) is 18.5 Å². The molecule has 1 heterocycles. The molecule has 0 saturated carbocycles. The molecule has 1 aromatic rings. The Morgan fingerprint density at radius 3 is 2.86 bits per heavy atom. The van der Waals surface area contributed by atoms with Crippen molar-refractivity contribution in [3.05, 3.63) is 24.5 Å². The minimum atomic E-state index is 0.655. The van der Waals surface area contributed by atoms with Crippen LogP contribution in [-0.2, 0) is 0 Å². The summed E-state index contributed by atoms with van der Waals surface area (Å²) in [5.41, 5.74) is 5.92. The van der Waals surface area contributed by atoms with Gasteiger partial charge in [0.25, 0.3) is 0 Å². The lowest BCUT2D eigenvalue weighted by Crippen LogP contribution is -1.82. The molecule has 0 fully saturated rings. The molecule has 0 amide bonds. The average molecular weight is 93.1 g/mol. The SMILES string of the molecule is Nc1c[c]cnc1. The molecule has 0 saturated heterocycles. The number of rotatable bonds is 0. The first kappa shape index (κ1) is 4.12. The lowest BCUT2D eigenvalue weighted by Gasteiger charge is -1.82. The maximum atomic E-state index is 5.26. The molecule has 0 bridgehead atoms. The molecular weight excluding hydrogens is 88.1 g/mol. The van der Waals surface area contributed by atoms with E-state index in [9.17, 15) is 0 Å². The fourth-order valence-electron chi connectivity index (χ4n) is 0.337. The van der Waals surface area contributed by atoms with Crippen LogP contribution in [-0.4, -0.2) is 4.98 Å². The van der Waals surface area contributed by atoms with Crippen molar-refractivity contribution in [1.29, 1.82) is 0 Å². The van der Waals surface area contributed by atoms with Gasteiger partial charge in [-0.2, -0.15) is 0 Å². The van der Waals surface area contributed by atoms with Gasteiger partial charge in [-0.05, 0) is 6.07 Å². The summed E-state index contributed by atoms with van der Waals surface area (Å²) in [6.07, 6.45) is 3.15. The Morgan fingerprint density at radius 2 is 2.57 bits per heavy atom. The molecule has 0 aromatic carbocycles. The van der Waals surface area contributed by atoms with E-state index in [1.54, 1.807) is 18.5 Å². The van der Waals surface area contributed by atoms with Crippen LogP contribution in [0.5, 0.6) is 0 Å². The van der Waals surface area contributed by atoms with Gasteiger partial charge in [0.15, 0.2) is 0 Å². The third-order valence-electron chi connectivity index (χ3n) is 0.623. The van der Waals surface area contributed by atoms with E-state index in [0.717, 1.165) is 0 Å². The van der Waals surface area contributed by atoms with Crippen molar-refractivity contribution in [3.8, 4) is 0 Å². The van der Waals surface area contributed by atoms with Gasteiger partial charge in [-0.25, -0.2) is 0 Å². The van der Waals surface area contributed by atoms with E-state index in [-0.39, 0.29) is 0 Å². The predicted octanol–water partition coefficient (Wildman–Crippen LogP) is 0.464. The van der Waals surface area contributed by atoms with Crippen molar-refractivity contribution < 1.29 is 0 Å². The summed E-state index contributed by atoms with van der Waals surface area (Å²) in [6.45, 7) is 0. The van der Waals surface area contributed by atoms with Crippen molar-refractivity contribution in [2.24, 2.45) is 0 Å². The number of nitrogens with two attached hydrogens (primary N) is 1. The number of nitrogen functional groups attached to an aromatic ring is 1.